The number of allylic oxidation sites excluding steroid dienone is 2. The number of esters is 1. The minimum absolute atomic E-state index is 0.00249. The molecule has 0 saturated heterocycles. The molecule has 4 bridgehead atoms. The molecule has 3 nitrogen and oxygen atoms in total. The number of fused-ring (bicyclic) bond motifs is 10. The molecular weight excluding hydrogens is 360 g/mol. The van der Waals surface area contributed by atoms with Gasteiger partial charge in [0.1, 0.15) is 19.0 Å². The van der Waals surface area contributed by atoms with Gasteiger partial charge in [0.15, 0.2) is 0 Å². The molecule has 0 aromatic heterocycles. The number of carbonyl (C=O) groups is 1. The Morgan fingerprint density at radius 3 is 2.66 bits per heavy atom. The molecule has 3 fully saturated rings. The van der Waals surface area contributed by atoms with Crippen LogP contribution in [0.3, 0.4) is 0 Å². The zero-order valence-electron chi connectivity index (χ0n) is 16.9. The van der Waals surface area contributed by atoms with Gasteiger partial charge in [0.2, 0.25) is 0 Å². The Morgan fingerprint density at radius 1 is 1.00 bits per heavy atom. The van der Waals surface area contributed by atoms with Crippen LogP contribution in [-0.4, -0.2) is 19.2 Å². The van der Waals surface area contributed by atoms with Crippen LogP contribution in [0.2, 0.25) is 0 Å². The van der Waals surface area contributed by atoms with Crippen LogP contribution in [0.4, 0.5) is 0 Å². The normalized spacial score (nSPS) is 38.5. The lowest BCUT2D eigenvalue weighted by atomic mass is 9.63. The molecule has 0 spiro atoms. The van der Waals surface area contributed by atoms with Gasteiger partial charge in [-0.3, -0.25) is 4.79 Å². The minimum atomic E-state index is -0.299. The molecule has 29 heavy (non-hydrogen) atoms. The topological polar surface area (TPSA) is 35.5 Å². The molecule has 4 aliphatic rings. The van der Waals surface area contributed by atoms with E-state index in [1.54, 1.807) is 0 Å². The Labute approximate surface area is 172 Å². The predicted molar refractivity (Wildman–Crippen MR) is 112 cm³/mol. The summed E-state index contributed by atoms with van der Waals surface area (Å²) in [5, 5.41) is 2.36. The summed E-state index contributed by atoms with van der Waals surface area (Å²) >= 11 is 0. The van der Waals surface area contributed by atoms with Crippen LogP contribution >= 0.6 is 0 Å². The summed E-state index contributed by atoms with van der Waals surface area (Å²) in [6.45, 7) is 2.88. The maximum Gasteiger partial charge on any atom is 0.312 e. The molecule has 150 valence electrons. The molecule has 2 aromatic carbocycles. The molecule has 2 aromatic rings. The average molecular weight is 389 g/mol. The van der Waals surface area contributed by atoms with Crippen molar-refractivity contribution in [3.8, 4) is 5.75 Å². The summed E-state index contributed by atoms with van der Waals surface area (Å²) in [6, 6.07) is 14.3. The van der Waals surface area contributed by atoms with Gasteiger partial charge < -0.3 is 9.47 Å². The monoisotopic (exact) mass is 388 g/mol. The number of carbonyl (C=O) groups excluding carboxylic acids is 1. The Bertz CT molecular complexity index is 994. The first-order valence-corrected chi connectivity index (χ1v) is 11.1. The van der Waals surface area contributed by atoms with E-state index in [0.717, 1.165) is 41.2 Å². The Balaban J connectivity index is 1.06. The third-order valence-corrected chi connectivity index (χ3v) is 8.43. The Morgan fingerprint density at radius 2 is 1.79 bits per heavy atom. The van der Waals surface area contributed by atoms with Gasteiger partial charge in [-0.05, 0) is 84.6 Å². The second-order valence-electron chi connectivity index (χ2n) is 9.82. The maximum atomic E-state index is 13.0. The second kappa shape index (κ2) is 6.35. The first-order chi connectivity index (χ1) is 14.1. The Hall–Kier alpha value is -2.29. The predicted octanol–water partition coefficient (Wildman–Crippen LogP) is 5.25. The standard InChI is InChI=1S/C26H28O3/c1-26(15-20-14-22(26)24-19-7-6-18(12-19)23(20)24)25(27)29-11-10-28-21-9-8-16-4-2-3-5-17(16)13-21/h2-9,13,18-20,22-24H,10-12,14-15H2,1H3. The molecular formula is C26H28O3. The van der Waals surface area contributed by atoms with E-state index in [4.69, 9.17) is 9.47 Å². The fourth-order valence-electron chi connectivity index (χ4n) is 7.32. The van der Waals surface area contributed by atoms with Gasteiger partial charge in [0, 0.05) is 0 Å². The summed E-state index contributed by atoms with van der Waals surface area (Å²) in [7, 11) is 0. The van der Waals surface area contributed by atoms with Crippen molar-refractivity contribution in [2.75, 3.05) is 13.2 Å². The van der Waals surface area contributed by atoms with E-state index in [0.29, 0.717) is 25.0 Å². The van der Waals surface area contributed by atoms with Crippen molar-refractivity contribution in [2.24, 2.45) is 40.9 Å². The van der Waals surface area contributed by atoms with Crippen LogP contribution in [0.15, 0.2) is 54.6 Å². The highest BCUT2D eigenvalue weighted by Gasteiger charge is 2.66. The van der Waals surface area contributed by atoms with Crippen molar-refractivity contribution in [3.63, 3.8) is 0 Å². The highest BCUT2D eigenvalue weighted by atomic mass is 16.6. The molecule has 4 aliphatic carbocycles. The van der Waals surface area contributed by atoms with Gasteiger partial charge in [-0.15, -0.1) is 0 Å². The van der Waals surface area contributed by atoms with E-state index >= 15 is 0 Å². The first-order valence-electron chi connectivity index (χ1n) is 11.1. The van der Waals surface area contributed by atoms with Gasteiger partial charge in [0.05, 0.1) is 5.41 Å². The smallest absolute Gasteiger partial charge is 0.312 e. The molecule has 3 saturated carbocycles. The Kier molecular flexibility index (Phi) is 3.85. The number of hydrogen-bond acceptors (Lipinski definition) is 3. The number of hydrogen-bond donors (Lipinski definition) is 0. The van der Waals surface area contributed by atoms with Crippen LogP contribution in [0.25, 0.3) is 10.8 Å². The lowest BCUT2D eigenvalue weighted by molar-refractivity contribution is -0.161. The molecule has 0 N–H and O–H groups in total. The van der Waals surface area contributed by atoms with E-state index in [-0.39, 0.29) is 11.4 Å². The van der Waals surface area contributed by atoms with Crippen molar-refractivity contribution in [3.05, 3.63) is 54.6 Å². The summed E-state index contributed by atoms with van der Waals surface area (Å²) in [6.07, 6.45) is 8.44. The van der Waals surface area contributed by atoms with E-state index in [1.807, 2.05) is 24.3 Å². The second-order valence-corrected chi connectivity index (χ2v) is 9.82. The van der Waals surface area contributed by atoms with E-state index in [2.05, 4.69) is 37.3 Å². The summed E-state index contributed by atoms with van der Waals surface area (Å²) < 4.78 is 11.6. The van der Waals surface area contributed by atoms with Crippen LogP contribution in [0.5, 0.6) is 5.75 Å². The van der Waals surface area contributed by atoms with Gasteiger partial charge in [0.25, 0.3) is 0 Å². The van der Waals surface area contributed by atoms with Crippen molar-refractivity contribution >= 4 is 16.7 Å². The summed E-state index contributed by atoms with van der Waals surface area (Å²) in [5.41, 5.74) is -0.299. The number of rotatable bonds is 5. The van der Waals surface area contributed by atoms with Gasteiger partial charge in [-0.1, -0.05) is 42.5 Å². The molecule has 7 atom stereocenters. The summed E-state index contributed by atoms with van der Waals surface area (Å²) in [5.74, 6) is 5.10. The van der Waals surface area contributed by atoms with Crippen molar-refractivity contribution in [2.45, 2.75) is 26.2 Å². The van der Waals surface area contributed by atoms with Crippen LogP contribution in [0, 0.1) is 40.9 Å². The summed E-state index contributed by atoms with van der Waals surface area (Å²) in [4.78, 5) is 13.0. The maximum absolute atomic E-state index is 13.0. The third kappa shape index (κ3) is 2.59. The fourth-order valence-corrected chi connectivity index (χ4v) is 7.32. The lowest BCUT2D eigenvalue weighted by Crippen LogP contribution is -2.43. The fraction of sp³-hybridized carbons (Fsp3) is 0.500. The quantitative estimate of drug-likeness (QED) is 0.304. The van der Waals surface area contributed by atoms with E-state index in [1.165, 1.54) is 18.2 Å². The van der Waals surface area contributed by atoms with Gasteiger partial charge >= 0.3 is 5.97 Å². The highest BCUT2D eigenvalue weighted by molar-refractivity contribution is 5.83. The largest absolute Gasteiger partial charge is 0.490 e. The van der Waals surface area contributed by atoms with Gasteiger partial charge in [-0.25, -0.2) is 0 Å². The third-order valence-electron chi connectivity index (χ3n) is 8.43. The lowest BCUT2D eigenvalue weighted by Gasteiger charge is -2.41. The van der Waals surface area contributed by atoms with Crippen LogP contribution in [0.1, 0.15) is 26.2 Å². The highest BCUT2D eigenvalue weighted by Crippen LogP contribution is 2.70. The number of benzene rings is 2. The molecule has 3 heteroatoms. The first kappa shape index (κ1) is 17.6. The molecule has 0 radical (unpaired) electrons. The molecule has 7 unspecified atom stereocenters. The SMILES string of the molecule is CC1(C(=O)OCCOc2ccc3ccccc3c2)CC2CC1C1C3C=CC(C3)C21. The van der Waals surface area contributed by atoms with Crippen LogP contribution < -0.4 is 4.74 Å². The van der Waals surface area contributed by atoms with Crippen molar-refractivity contribution in [1.82, 2.24) is 0 Å². The van der Waals surface area contributed by atoms with E-state index in [9.17, 15) is 4.79 Å². The van der Waals surface area contributed by atoms with E-state index < -0.39 is 0 Å². The number of ether oxygens (including phenoxy) is 2. The van der Waals surface area contributed by atoms with Crippen molar-refractivity contribution in [1.29, 1.82) is 0 Å². The molecule has 0 amide bonds. The van der Waals surface area contributed by atoms with Crippen LogP contribution in [-0.2, 0) is 9.53 Å². The average Bonchev–Trinajstić information content (AvgIpc) is 3.50. The van der Waals surface area contributed by atoms with Gasteiger partial charge in [-0.2, -0.15) is 0 Å². The minimum Gasteiger partial charge on any atom is -0.490 e. The molecule has 0 aliphatic heterocycles. The zero-order chi connectivity index (χ0) is 19.6. The zero-order valence-corrected chi connectivity index (χ0v) is 16.9. The van der Waals surface area contributed by atoms with Crippen molar-refractivity contribution < 1.29 is 14.3 Å². The molecule has 0 heterocycles. The molecule has 6 rings (SSSR count).